The highest BCUT2D eigenvalue weighted by Crippen LogP contribution is 2.13. The molecule has 0 aromatic heterocycles. The van der Waals surface area contributed by atoms with E-state index in [0.717, 1.165) is 0 Å². The smallest absolute Gasteiger partial charge is 0.254 e. The number of hydrogen-bond donors (Lipinski definition) is 2. The van der Waals surface area contributed by atoms with Crippen LogP contribution in [-0.4, -0.2) is 44.8 Å². The predicted octanol–water partition coefficient (Wildman–Crippen LogP) is 2.61. The van der Waals surface area contributed by atoms with Gasteiger partial charge in [-0.25, -0.2) is 17.5 Å². The maximum atomic E-state index is 12.9. The highest BCUT2D eigenvalue weighted by atomic mass is 32.2. The Labute approximate surface area is 170 Å². The van der Waals surface area contributed by atoms with Crippen LogP contribution in [0, 0.1) is 5.82 Å². The van der Waals surface area contributed by atoms with Gasteiger partial charge in [-0.3, -0.25) is 9.59 Å². The topological polar surface area (TPSA) is 95.6 Å². The van der Waals surface area contributed by atoms with E-state index in [4.69, 9.17) is 0 Å². The third kappa shape index (κ3) is 6.37. The Morgan fingerprint density at radius 1 is 1.07 bits per heavy atom. The van der Waals surface area contributed by atoms with E-state index in [2.05, 4.69) is 10.0 Å². The van der Waals surface area contributed by atoms with Gasteiger partial charge in [0.2, 0.25) is 15.9 Å². The van der Waals surface area contributed by atoms with E-state index in [1.807, 2.05) is 6.92 Å². The Bertz CT molecular complexity index is 960. The molecule has 0 fully saturated rings. The summed E-state index contributed by atoms with van der Waals surface area (Å²) in [4.78, 5) is 25.8. The van der Waals surface area contributed by atoms with Gasteiger partial charge in [-0.1, -0.05) is 6.92 Å². The molecule has 0 unspecified atom stereocenters. The van der Waals surface area contributed by atoms with Gasteiger partial charge in [0.25, 0.3) is 5.91 Å². The minimum Gasteiger partial charge on any atom is -0.332 e. The van der Waals surface area contributed by atoms with Crippen molar-refractivity contribution < 1.29 is 22.4 Å². The van der Waals surface area contributed by atoms with Crippen LogP contribution in [0.1, 0.15) is 30.6 Å². The van der Waals surface area contributed by atoms with Crippen molar-refractivity contribution >= 4 is 27.5 Å². The Kier molecular flexibility index (Phi) is 7.46. The second kappa shape index (κ2) is 9.62. The Balaban J connectivity index is 2.00. The van der Waals surface area contributed by atoms with Gasteiger partial charge in [-0.2, -0.15) is 0 Å². The largest absolute Gasteiger partial charge is 0.332 e. The molecule has 1 atom stereocenters. The van der Waals surface area contributed by atoms with Crippen LogP contribution in [-0.2, 0) is 14.8 Å². The molecule has 29 heavy (non-hydrogen) atoms. The Hall–Kier alpha value is -2.78. The third-order valence-electron chi connectivity index (χ3n) is 4.24. The number of benzene rings is 2. The molecule has 0 aliphatic heterocycles. The van der Waals surface area contributed by atoms with E-state index in [0.29, 0.717) is 12.1 Å². The van der Waals surface area contributed by atoms with Gasteiger partial charge >= 0.3 is 0 Å². The molecular weight excluding hydrogens is 397 g/mol. The summed E-state index contributed by atoms with van der Waals surface area (Å²) < 4.78 is 40.0. The minimum absolute atomic E-state index is 0.0612. The molecule has 2 amide bonds. The second-order valence-electron chi connectivity index (χ2n) is 6.67. The average Bonchev–Trinajstić information content (AvgIpc) is 2.68. The summed E-state index contributed by atoms with van der Waals surface area (Å²) in [6, 6.07) is 10.6. The maximum absolute atomic E-state index is 12.9. The van der Waals surface area contributed by atoms with Crippen LogP contribution in [0.5, 0.6) is 0 Å². The zero-order valence-electron chi connectivity index (χ0n) is 16.5. The first-order chi connectivity index (χ1) is 13.6. The molecule has 0 heterocycles. The predicted molar refractivity (Wildman–Crippen MR) is 109 cm³/mol. The van der Waals surface area contributed by atoms with Crippen molar-refractivity contribution in [3.05, 3.63) is 59.9 Å². The second-order valence-corrected chi connectivity index (χ2v) is 8.39. The number of nitrogens with zero attached hydrogens (tertiary/aromatic N) is 1. The van der Waals surface area contributed by atoms with Crippen LogP contribution in [0.3, 0.4) is 0 Å². The number of carbonyl (C=O) groups is 2. The number of likely N-dealkylation sites (N-methyl/N-ethyl adjacent to an activating group) is 1. The Morgan fingerprint density at radius 3 is 2.21 bits per heavy atom. The molecular formula is C20H24FN3O4S. The van der Waals surface area contributed by atoms with Crippen molar-refractivity contribution in [2.24, 2.45) is 0 Å². The fourth-order valence-corrected chi connectivity index (χ4v) is 3.76. The highest BCUT2D eigenvalue weighted by molar-refractivity contribution is 7.89. The molecule has 0 saturated carbocycles. The number of sulfonamides is 1. The number of hydrogen-bond acceptors (Lipinski definition) is 4. The summed E-state index contributed by atoms with van der Waals surface area (Å²) in [5, 5.41) is 2.57. The number of anilines is 1. The standard InChI is InChI=1S/C20H24FN3O4S/c1-4-14(2)23-29(27,28)18-11-5-15(6-12-18)20(26)24(3)13-19(25)22-17-9-7-16(21)8-10-17/h5-12,14,23H,4,13H2,1-3H3,(H,22,25)/t14-/m1/s1. The molecule has 2 aromatic carbocycles. The first-order valence-electron chi connectivity index (χ1n) is 9.05. The molecule has 2 N–H and O–H groups in total. The van der Waals surface area contributed by atoms with Crippen LogP contribution in [0.25, 0.3) is 0 Å². The monoisotopic (exact) mass is 421 g/mol. The fourth-order valence-electron chi connectivity index (χ4n) is 2.43. The lowest BCUT2D eigenvalue weighted by atomic mass is 10.2. The van der Waals surface area contributed by atoms with Crippen LogP contribution in [0.4, 0.5) is 10.1 Å². The zero-order chi connectivity index (χ0) is 21.6. The minimum atomic E-state index is -3.66. The molecule has 156 valence electrons. The van der Waals surface area contributed by atoms with Gasteiger partial charge in [0.1, 0.15) is 5.82 Å². The average molecular weight is 421 g/mol. The van der Waals surface area contributed by atoms with Gasteiger partial charge in [0.15, 0.2) is 0 Å². The summed E-state index contributed by atoms with van der Waals surface area (Å²) in [6.45, 7) is 3.42. The Morgan fingerprint density at radius 2 is 1.66 bits per heavy atom. The normalized spacial score (nSPS) is 12.3. The summed E-state index contributed by atoms with van der Waals surface area (Å²) in [5.41, 5.74) is 0.671. The number of amides is 2. The third-order valence-corrected chi connectivity index (χ3v) is 5.84. The number of nitrogens with one attached hydrogen (secondary N) is 2. The lowest BCUT2D eigenvalue weighted by Crippen LogP contribution is -2.35. The summed E-state index contributed by atoms with van der Waals surface area (Å²) in [5.74, 6) is -1.29. The maximum Gasteiger partial charge on any atom is 0.254 e. The molecule has 0 radical (unpaired) electrons. The van der Waals surface area contributed by atoms with Gasteiger partial charge in [0, 0.05) is 24.3 Å². The number of rotatable bonds is 8. The van der Waals surface area contributed by atoms with Crippen molar-refractivity contribution in [3.8, 4) is 0 Å². The van der Waals surface area contributed by atoms with Gasteiger partial charge in [-0.05, 0) is 61.9 Å². The first kappa shape index (κ1) is 22.5. The first-order valence-corrected chi connectivity index (χ1v) is 10.5. The number of halogens is 1. The summed E-state index contributed by atoms with van der Waals surface area (Å²) >= 11 is 0. The lowest BCUT2D eigenvalue weighted by molar-refractivity contribution is -0.116. The number of carbonyl (C=O) groups excluding carboxylic acids is 2. The van der Waals surface area contributed by atoms with Crippen LogP contribution in [0.2, 0.25) is 0 Å². The van der Waals surface area contributed by atoms with Crippen LogP contribution < -0.4 is 10.0 Å². The lowest BCUT2D eigenvalue weighted by Gasteiger charge is -2.17. The van der Waals surface area contributed by atoms with Crippen molar-refractivity contribution in [2.75, 3.05) is 18.9 Å². The van der Waals surface area contributed by atoms with Gasteiger partial charge in [0.05, 0.1) is 11.4 Å². The molecule has 0 aliphatic carbocycles. The zero-order valence-corrected chi connectivity index (χ0v) is 17.3. The molecule has 2 rings (SSSR count). The van der Waals surface area contributed by atoms with Crippen LogP contribution in [0.15, 0.2) is 53.4 Å². The molecule has 2 aromatic rings. The van der Waals surface area contributed by atoms with E-state index in [9.17, 15) is 22.4 Å². The fraction of sp³-hybridized carbons (Fsp3) is 0.300. The van der Waals surface area contributed by atoms with Crippen molar-refractivity contribution in [2.45, 2.75) is 31.2 Å². The van der Waals surface area contributed by atoms with E-state index >= 15 is 0 Å². The molecule has 7 nitrogen and oxygen atoms in total. The van der Waals surface area contributed by atoms with E-state index in [1.54, 1.807) is 6.92 Å². The summed E-state index contributed by atoms with van der Waals surface area (Å²) in [7, 11) is -2.20. The SMILES string of the molecule is CC[C@@H](C)NS(=O)(=O)c1ccc(C(=O)N(C)CC(=O)Nc2ccc(F)cc2)cc1. The van der Waals surface area contributed by atoms with Crippen molar-refractivity contribution in [1.29, 1.82) is 0 Å². The van der Waals surface area contributed by atoms with Crippen LogP contribution >= 0.6 is 0 Å². The van der Waals surface area contributed by atoms with Crippen molar-refractivity contribution in [1.82, 2.24) is 9.62 Å². The van der Waals surface area contributed by atoms with E-state index < -0.39 is 27.7 Å². The summed E-state index contributed by atoms with van der Waals surface area (Å²) in [6.07, 6.45) is 0.653. The van der Waals surface area contributed by atoms with E-state index in [-0.39, 0.29) is 23.0 Å². The molecule has 9 heteroatoms. The molecule has 0 spiro atoms. The van der Waals surface area contributed by atoms with Gasteiger partial charge < -0.3 is 10.2 Å². The molecule has 0 saturated heterocycles. The van der Waals surface area contributed by atoms with E-state index in [1.165, 1.54) is 60.5 Å². The molecule has 0 aliphatic rings. The van der Waals surface area contributed by atoms with Gasteiger partial charge in [-0.15, -0.1) is 0 Å². The quantitative estimate of drug-likeness (QED) is 0.685. The molecule has 0 bridgehead atoms. The van der Waals surface area contributed by atoms with Crippen molar-refractivity contribution in [3.63, 3.8) is 0 Å². The highest BCUT2D eigenvalue weighted by Gasteiger charge is 2.19.